The van der Waals surface area contributed by atoms with E-state index in [1.807, 2.05) is 0 Å². The Hall–Kier alpha value is -0.0400. The average Bonchev–Trinajstić information content (AvgIpc) is 3.08. The van der Waals surface area contributed by atoms with Crippen LogP contribution in [-0.4, -0.2) is 13.1 Å². The number of nitrogens with one attached hydrogen (secondary N) is 1. The summed E-state index contributed by atoms with van der Waals surface area (Å²) >= 11 is 0. The smallest absolute Gasteiger partial charge is 0.00978 e. The Kier molecular flexibility index (Phi) is 5.34. The van der Waals surface area contributed by atoms with Gasteiger partial charge in [0.05, 0.1) is 0 Å². The molecule has 2 rings (SSSR count). The fourth-order valence-corrected chi connectivity index (χ4v) is 4.14. The Labute approximate surface area is 108 Å². The molecule has 0 aromatic rings. The zero-order valence-electron chi connectivity index (χ0n) is 11.9. The standard InChI is InChI=1S/C16H31N/c1-3-4-5-6-7-12-15(17-2)16-13-10-8-9-11-14(13)16/h13-17H,3-12H2,1-2H3. The summed E-state index contributed by atoms with van der Waals surface area (Å²) in [5, 5.41) is 3.61. The maximum absolute atomic E-state index is 3.61. The molecule has 0 amide bonds. The molecule has 0 saturated heterocycles. The highest BCUT2D eigenvalue weighted by Crippen LogP contribution is 2.57. The molecule has 1 N–H and O–H groups in total. The lowest BCUT2D eigenvalue weighted by Gasteiger charge is -2.16. The molecule has 0 spiro atoms. The van der Waals surface area contributed by atoms with E-state index in [2.05, 4.69) is 19.3 Å². The van der Waals surface area contributed by atoms with Gasteiger partial charge in [0.25, 0.3) is 0 Å². The maximum atomic E-state index is 3.61. The molecule has 0 bridgehead atoms. The molecule has 0 aliphatic heterocycles. The molecule has 3 atom stereocenters. The first kappa shape index (κ1) is 13.4. The van der Waals surface area contributed by atoms with Gasteiger partial charge in [-0.2, -0.15) is 0 Å². The van der Waals surface area contributed by atoms with Gasteiger partial charge < -0.3 is 5.32 Å². The van der Waals surface area contributed by atoms with Crippen molar-refractivity contribution in [3.05, 3.63) is 0 Å². The second kappa shape index (κ2) is 6.78. The van der Waals surface area contributed by atoms with E-state index in [-0.39, 0.29) is 0 Å². The summed E-state index contributed by atoms with van der Waals surface area (Å²) < 4.78 is 0. The van der Waals surface area contributed by atoms with Gasteiger partial charge in [-0.05, 0) is 44.1 Å². The van der Waals surface area contributed by atoms with Crippen LogP contribution in [0.15, 0.2) is 0 Å². The number of fused-ring (bicyclic) bond motifs is 1. The monoisotopic (exact) mass is 237 g/mol. The molecule has 17 heavy (non-hydrogen) atoms. The normalized spacial score (nSPS) is 33.2. The van der Waals surface area contributed by atoms with Gasteiger partial charge in [-0.15, -0.1) is 0 Å². The van der Waals surface area contributed by atoms with Crippen LogP contribution < -0.4 is 5.32 Å². The van der Waals surface area contributed by atoms with Crippen LogP contribution in [0.3, 0.4) is 0 Å². The van der Waals surface area contributed by atoms with Crippen molar-refractivity contribution in [1.29, 1.82) is 0 Å². The minimum Gasteiger partial charge on any atom is -0.317 e. The number of unbranched alkanes of at least 4 members (excludes halogenated alkanes) is 4. The first-order chi connectivity index (χ1) is 8.38. The molecular formula is C16H31N. The van der Waals surface area contributed by atoms with Crippen molar-refractivity contribution in [1.82, 2.24) is 5.32 Å². The van der Waals surface area contributed by atoms with Gasteiger partial charge in [0, 0.05) is 6.04 Å². The number of rotatable bonds is 8. The predicted molar refractivity (Wildman–Crippen MR) is 75.2 cm³/mol. The highest BCUT2D eigenvalue weighted by atomic mass is 14.9. The second-order valence-corrected chi connectivity index (χ2v) is 6.29. The molecule has 0 radical (unpaired) electrons. The fourth-order valence-electron chi connectivity index (χ4n) is 4.14. The highest BCUT2D eigenvalue weighted by molar-refractivity contribution is 5.04. The molecule has 1 heteroatoms. The lowest BCUT2D eigenvalue weighted by Crippen LogP contribution is -2.28. The minimum absolute atomic E-state index is 0.838. The van der Waals surface area contributed by atoms with E-state index in [1.165, 1.54) is 64.2 Å². The van der Waals surface area contributed by atoms with Crippen molar-refractivity contribution in [2.24, 2.45) is 17.8 Å². The maximum Gasteiger partial charge on any atom is 0.00978 e. The summed E-state index contributed by atoms with van der Waals surface area (Å²) in [6.45, 7) is 2.30. The first-order valence-corrected chi connectivity index (χ1v) is 8.05. The molecule has 0 heterocycles. The Morgan fingerprint density at radius 2 is 1.65 bits per heavy atom. The number of hydrogen-bond acceptors (Lipinski definition) is 1. The van der Waals surface area contributed by atoms with Crippen LogP contribution in [0.5, 0.6) is 0 Å². The van der Waals surface area contributed by atoms with Crippen molar-refractivity contribution in [3.8, 4) is 0 Å². The van der Waals surface area contributed by atoms with Gasteiger partial charge in [0.2, 0.25) is 0 Å². The van der Waals surface area contributed by atoms with Gasteiger partial charge in [-0.3, -0.25) is 0 Å². The summed E-state index contributed by atoms with van der Waals surface area (Å²) in [6, 6.07) is 0.838. The van der Waals surface area contributed by atoms with E-state index in [1.54, 1.807) is 0 Å². The van der Waals surface area contributed by atoms with Gasteiger partial charge in [-0.25, -0.2) is 0 Å². The zero-order chi connectivity index (χ0) is 12.1. The zero-order valence-corrected chi connectivity index (χ0v) is 11.9. The fraction of sp³-hybridized carbons (Fsp3) is 1.00. The predicted octanol–water partition coefficient (Wildman–Crippen LogP) is 4.37. The topological polar surface area (TPSA) is 12.0 Å². The van der Waals surface area contributed by atoms with Crippen molar-refractivity contribution in [2.45, 2.75) is 77.2 Å². The molecule has 100 valence electrons. The summed E-state index contributed by atoms with van der Waals surface area (Å²) in [5.74, 6) is 3.27. The van der Waals surface area contributed by atoms with E-state index in [0.29, 0.717) is 0 Å². The molecule has 3 unspecified atom stereocenters. The third kappa shape index (κ3) is 3.47. The van der Waals surface area contributed by atoms with E-state index < -0.39 is 0 Å². The SMILES string of the molecule is CCCCCCCC(NC)C1C2CCCCC21. The third-order valence-electron chi connectivity index (χ3n) is 5.18. The van der Waals surface area contributed by atoms with Crippen LogP contribution in [0.2, 0.25) is 0 Å². The van der Waals surface area contributed by atoms with Crippen LogP contribution >= 0.6 is 0 Å². The molecule has 0 aromatic heterocycles. The Morgan fingerprint density at radius 1 is 1.00 bits per heavy atom. The van der Waals surface area contributed by atoms with Gasteiger partial charge >= 0.3 is 0 Å². The third-order valence-corrected chi connectivity index (χ3v) is 5.18. The summed E-state index contributed by atoms with van der Waals surface area (Å²) in [4.78, 5) is 0. The van der Waals surface area contributed by atoms with Gasteiger partial charge in [-0.1, -0.05) is 51.9 Å². The Bertz CT molecular complexity index is 202. The molecule has 0 aromatic carbocycles. The lowest BCUT2D eigenvalue weighted by molar-refractivity contribution is 0.414. The second-order valence-electron chi connectivity index (χ2n) is 6.29. The first-order valence-electron chi connectivity index (χ1n) is 8.05. The van der Waals surface area contributed by atoms with Crippen LogP contribution in [0.25, 0.3) is 0 Å². The van der Waals surface area contributed by atoms with Crippen LogP contribution in [0, 0.1) is 17.8 Å². The molecular weight excluding hydrogens is 206 g/mol. The summed E-state index contributed by atoms with van der Waals surface area (Å²) in [5.41, 5.74) is 0. The van der Waals surface area contributed by atoms with Crippen molar-refractivity contribution < 1.29 is 0 Å². The van der Waals surface area contributed by atoms with Crippen molar-refractivity contribution in [2.75, 3.05) is 7.05 Å². The van der Waals surface area contributed by atoms with Crippen LogP contribution in [0.1, 0.15) is 71.1 Å². The lowest BCUT2D eigenvalue weighted by atomic mass is 10.0. The molecule has 1 nitrogen and oxygen atoms in total. The number of hydrogen-bond donors (Lipinski definition) is 1. The molecule has 2 aliphatic rings. The van der Waals surface area contributed by atoms with Crippen molar-refractivity contribution in [3.63, 3.8) is 0 Å². The van der Waals surface area contributed by atoms with Crippen LogP contribution in [0.4, 0.5) is 0 Å². The van der Waals surface area contributed by atoms with E-state index in [4.69, 9.17) is 0 Å². The Balaban J connectivity index is 1.63. The largest absolute Gasteiger partial charge is 0.317 e. The van der Waals surface area contributed by atoms with Crippen molar-refractivity contribution >= 4 is 0 Å². The highest BCUT2D eigenvalue weighted by Gasteiger charge is 2.53. The van der Waals surface area contributed by atoms with Gasteiger partial charge in [0.15, 0.2) is 0 Å². The van der Waals surface area contributed by atoms with E-state index >= 15 is 0 Å². The van der Waals surface area contributed by atoms with Crippen LogP contribution in [-0.2, 0) is 0 Å². The average molecular weight is 237 g/mol. The van der Waals surface area contributed by atoms with Gasteiger partial charge in [0.1, 0.15) is 0 Å². The molecule has 2 fully saturated rings. The summed E-state index contributed by atoms with van der Waals surface area (Å²) in [7, 11) is 2.18. The minimum atomic E-state index is 0.838. The van der Waals surface area contributed by atoms with E-state index in [9.17, 15) is 0 Å². The molecule has 2 saturated carbocycles. The molecule has 2 aliphatic carbocycles. The quantitative estimate of drug-likeness (QED) is 0.618. The summed E-state index contributed by atoms with van der Waals surface area (Å²) in [6.07, 6.45) is 14.6. The van der Waals surface area contributed by atoms with E-state index in [0.717, 1.165) is 23.8 Å². The Morgan fingerprint density at radius 3 is 2.24 bits per heavy atom.